The molecule has 0 radical (unpaired) electrons. The third-order valence-electron chi connectivity index (χ3n) is 5.37. The largest absolute Gasteiger partial charge is 0.319 e. The monoisotopic (exact) mass is 407 g/mol. The first kappa shape index (κ1) is 19.0. The molecule has 2 aromatic rings. The van der Waals surface area contributed by atoms with Crippen LogP contribution in [0.3, 0.4) is 0 Å². The number of carbonyl (C=O) groups excluding carboxylic acids is 1. The summed E-state index contributed by atoms with van der Waals surface area (Å²) in [5.74, 6) is 0.394. The molecule has 150 valence electrons. The van der Waals surface area contributed by atoms with Crippen molar-refractivity contribution in [2.45, 2.75) is 26.3 Å². The summed E-state index contributed by atoms with van der Waals surface area (Å²) in [6.07, 6.45) is 1.17. The van der Waals surface area contributed by atoms with E-state index in [0.29, 0.717) is 44.0 Å². The van der Waals surface area contributed by atoms with Crippen LogP contribution in [0.5, 0.6) is 0 Å². The van der Waals surface area contributed by atoms with Crippen molar-refractivity contribution in [1.82, 2.24) is 19.1 Å². The lowest BCUT2D eigenvalue weighted by Gasteiger charge is -2.25. The lowest BCUT2D eigenvalue weighted by Crippen LogP contribution is -2.31. The Bertz CT molecular complexity index is 1010. The van der Waals surface area contributed by atoms with Gasteiger partial charge in [-0.2, -0.15) is 0 Å². The van der Waals surface area contributed by atoms with Crippen molar-refractivity contribution in [3.63, 3.8) is 0 Å². The van der Waals surface area contributed by atoms with E-state index in [1.165, 1.54) is 18.2 Å². The topological polar surface area (TPSA) is 97.2 Å². The number of nitrogens with one attached hydrogen (secondary N) is 1. The van der Waals surface area contributed by atoms with Crippen LogP contribution in [-0.4, -0.2) is 52.2 Å². The molecule has 1 amide bonds. The molecule has 2 atom stereocenters. The molecule has 8 nitrogen and oxygen atoms in total. The first-order chi connectivity index (χ1) is 13.4. The highest BCUT2D eigenvalue weighted by molar-refractivity contribution is 7.89. The molecular formula is C18H22FN5O3S. The number of hydrogen-bond donors (Lipinski definition) is 1. The van der Waals surface area contributed by atoms with Gasteiger partial charge >= 0.3 is 0 Å². The zero-order chi connectivity index (χ0) is 19.9. The minimum Gasteiger partial charge on any atom is -0.319 e. The molecular weight excluding hydrogens is 385 g/mol. The van der Waals surface area contributed by atoms with Gasteiger partial charge in [0.2, 0.25) is 15.8 Å². The molecule has 1 aromatic heterocycles. The first-order valence-corrected chi connectivity index (χ1v) is 10.9. The third kappa shape index (κ3) is 3.53. The molecule has 0 saturated carbocycles. The lowest BCUT2D eigenvalue weighted by atomic mass is 9.89. The lowest BCUT2D eigenvalue weighted by molar-refractivity contribution is 0.100. The SMILES string of the molecule is CCCS(=O)(=O)N1C[C@@H]2Cc3nnc(C(=O)Nc4cccc(F)c4)n3C[C@@H]2C1. The van der Waals surface area contributed by atoms with E-state index in [0.717, 1.165) is 0 Å². The van der Waals surface area contributed by atoms with Crippen LogP contribution in [-0.2, 0) is 23.0 Å². The molecule has 0 aliphatic carbocycles. The van der Waals surface area contributed by atoms with Crippen LogP contribution in [0.2, 0.25) is 0 Å². The molecule has 0 spiro atoms. The van der Waals surface area contributed by atoms with Gasteiger partial charge in [0.1, 0.15) is 11.6 Å². The highest BCUT2D eigenvalue weighted by Crippen LogP contribution is 2.34. The number of carbonyl (C=O) groups is 1. The van der Waals surface area contributed by atoms with Crippen LogP contribution in [0.25, 0.3) is 0 Å². The summed E-state index contributed by atoms with van der Waals surface area (Å²) in [4.78, 5) is 12.6. The molecule has 4 rings (SSSR count). The van der Waals surface area contributed by atoms with Gasteiger partial charge in [-0.25, -0.2) is 17.1 Å². The summed E-state index contributed by atoms with van der Waals surface area (Å²) >= 11 is 0. The van der Waals surface area contributed by atoms with Crippen LogP contribution in [0.4, 0.5) is 10.1 Å². The standard InChI is InChI=1S/C18H22FN5O3S/c1-2-6-28(26,27)23-9-12-7-16-21-22-17(24(16)11-13(12)10-23)18(25)20-15-5-3-4-14(19)8-15/h3-5,8,12-13H,2,6-7,9-11H2,1H3,(H,20,25)/t12-,13-/m0/s1. The van der Waals surface area contributed by atoms with E-state index in [-0.39, 0.29) is 23.4 Å². The van der Waals surface area contributed by atoms with Gasteiger partial charge in [0.25, 0.3) is 5.91 Å². The fraction of sp³-hybridized carbons (Fsp3) is 0.500. The maximum Gasteiger partial charge on any atom is 0.293 e. The number of aromatic nitrogens is 3. The number of amides is 1. The molecule has 0 bridgehead atoms. The predicted octanol–water partition coefficient (Wildman–Crippen LogP) is 1.51. The Morgan fingerprint density at radius 1 is 1.25 bits per heavy atom. The van der Waals surface area contributed by atoms with E-state index in [4.69, 9.17) is 0 Å². The van der Waals surface area contributed by atoms with Crippen molar-refractivity contribution in [2.24, 2.45) is 11.8 Å². The number of nitrogens with zero attached hydrogens (tertiary/aromatic N) is 4. The molecule has 1 N–H and O–H groups in total. The highest BCUT2D eigenvalue weighted by Gasteiger charge is 2.42. The van der Waals surface area contributed by atoms with E-state index in [9.17, 15) is 17.6 Å². The Labute approximate surface area is 162 Å². The van der Waals surface area contributed by atoms with Crippen molar-refractivity contribution >= 4 is 21.6 Å². The summed E-state index contributed by atoms with van der Waals surface area (Å²) in [6.45, 7) is 3.29. The molecule has 3 heterocycles. The Hall–Kier alpha value is -2.33. The second-order valence-corrected chi connectivity index (χ2v) is 9.46. The maximum atomic E-state index is 13.3. The number of fused-ring (bicyclic) bond motifs is 2. The Morgan fingerprint density at radius 2 is 2.04 bits per heavy atom. The molecule has 2 aliphatic rings. The van der Waals surface area contributed by atoms with E-state index < -0.39 is 21.7 Å². The number of anilines is 1. The van der Waals surface area contributed by atoms with Crippen molar-refractivity contribution in [1.29, 1.82) is 0 Å². The van der Waals surface area contributed by atoms with Crippen LogP contribution >= 0.6 is 0 Å². The number of benzene rings is 1. The van der Waals surface area contributed by atoms with Crippen LogP contribution in [0, 0.1) is 17.7 Å². The Kier molecular flexibility index (Phi) is 4.92. The minimum atomic E-state index is -3.24. The van der Waals surface area contributed by atoms with Crippen LogP contribution in [0.15, 0.2) is 24.3 Å². The second-order valence-electron chi connectivity index (χ2n) is 7.37. The van der Waals surface area contributed by atoms with Gasteiger partial charge < -0.3 is 9.88 Å². The molecule has 10 heteroatoms. The van der Waals surface area contributed by atoms with E-state index >= 15 is 0 Å². The zero-order valence-electron chi connectivity index (χ0n) is 15.5. The fourth-order valence-corrected chi connectivity index (χ4v) is 5.63. The summed E-state index contributed by atoms with van der Waals surface area (Å²) in [5.41, 5.74) is 0.341. The molecule has 1 fully saturated rings. The van der Waals surface area contributed by atoms with Gasteiger partial charge in [0, 0.05) is 31.7 Å². The van der Waals surface area contributed by atoms with Crippen molar-refractivity contribution in [3.8, 4) is 0 Å². The highest BCUT2D eigenvalue weighted by atomic mass is 32.2. The number of sulfonamides is 1. The van der Waals surface area contributed by atoms with Crippen LogP contribution in [0.1, 0.15) is 29.8 Å². The number of hydrogen-bond acceptors (Lipinski definition) is 5. The van der Waals surface area contributed by atoms with Gasteiger partial charge in [-0.15, -0.1) is 10.2 Å². The smallest absolute Gasteiger partial charge is 0.293 e. The van der Waals surface area contributed by atoms with Gasteiger partial charge in [0.05, 0.1) is 5.75 Å². The summed E-state index contributed by atoms with van der Waals surface area (Å²) in [7, 11) is -3.24. The van der Waals surface area contributed by atoms with Gasteiger partial charge in [-0.1, -0.05) is 13.0 Å². The van der Waals surface area contributed by atoms with Crippen molar-refractivity contribution in [3.05, 3.63) is 41.7 Å². The third-order valence-corrected chi connectivity index (χ3v) is 7.38. The van der Waals surface area contributed by atoms with E-state index in [1.54, 1.807) is 14.9 Å². The summed E-state index contributed by atoms with van der Waals surface area (Å²) in [5, 5.41) is 10.8. The summed E-state index contributed by atoms with van der Waals surface area (Å²) < 4.78 is 41.4. The quantitative estimate of drug-likeness (QED) is 0.810. The van der Waals surface area contributed by atoms with E-state index in [1.807, 2.05) is 6.92 Å². The number of halogens is 1. The maximum absolute atomic E-state index is 13.3. The number of rotatable bonds is 5. The average molecular weight is 407 g/mol. The fourth-order valence-electron chi connectivity index (χ4n) is 4.02. The van der Waals surface area contributed by atoms with Gasteiger partial charge in [0.15, 0.2) is 0 Å². The molecule has 0 unspecified atom stereocenters. The minimum absolute atomic E-state index is 0.121. The van der Waals surface area contributed by atoms with Crippen molar-refractivity contribution in [2.75, 3.05) is 24.2 Å². The van der Waals surface area contributed by atoms with Gasteiger partial charge in [-0.3, -0.25) is 4.79 Å². The first-order valence-electron chi connectivity index (χ1n) is 9.34. The normalized spacial score (nSPS) is 21.9. The Morgan fingerprint density at radius 3 is 2.79 bits per heavy atom. The second kappa shape index (κ2) is 7.25. The molecule has 1 saturated heterocycles. The van der Waals surface area contributed by atoms with Crippen molar-refractivity contribution < 1.29 is 17.6 Å². The van der Waals surface area contributed by atoms with Crippen LogP contribution < -0.4 is 5.32 Å². The molecule has 28 heavy (non-hydrogen) atoms. The molecule has 2 aliphatic heterocycles. The summed E-state index contributed by atoms with van der Waals surface area (Å²) in [6, 6.07) is 5.64. The zero-order valence-corrected chi connectivity index (χ0v) is 16.3. The molecule has 1 aromatic carbocycles. The van der Waals surface area contributed by atoms with E-state index in [2.05, 4.69) is 15.5 Å². The average Bonchev–Trinajstić information content (AvgIpc) is 3.23. The predicted molar refractivity (Wildman–Crippen MR) is 101 cm³/mol. The van der Waals surface area contributed by atoms with Gasteiger partial charge in [-0.05, 0) is 36.5 Å². The Balaban J connectivity index is 1.50.